The van der Waals surface area contributed by atoms with Crippen molar-refractivity contribution in [3.63, 3.8) is 0 Å². The number of carbonyl (C=O) groups excluding carboxylic acids is 1. The molecular formula is C16H22N4O5S. The van der Waals surface area contributed by atoms with Gasteiger partial charge in [0.25, 0.3) is 0 Å². The predicted molar refractivity (Wildman–Crippen MR) is 93.3 cm³/mol. The van der Waals surface area contributed by atoms with Crippen LogP contribution in [0, 0.1) is 5.92 Å². The molecule has 0 aliphatic heterocycles. The van der Waals surface area contributed by atoms with E-state index in [-0.39, 0.29) is 22.1 Å². The highest BCUT2D eigenvalue weighted by atomic mass is 32.2. The molecule has 0 saturated carbocycles. The van der Waals surface area contributed by atoms with Gasteiger partial charge in [-0.05, 0) is 24.1 Å². The second kappa shape index (κ2) is 8.28. The Morgan fingerprint density at radius 3 is 2.58 bits per heavy atom. The first-order chi connectivity index (χ1) is 12.3. The monoisotopic (exact) mass is 382 g/mol. The lowest BCUT2D eigenvalue weighted by molar-refractivity contribution is 0.0600. The van der Waals surface area contributed by atoms with Crippen LogP contribution in [-0.2, 0) is 21.3 Å². The van der Waals surface area contributed by atoms with Gasteiger partial charge in [-0.3, -0.25) is 4.68 Å². The van der Waals surface area contributed by atoms with Gasteiger partial charge in [0.2, 0.25) is 10.0 Å². The van der Waals surface area contributed by atoms with Gasteiger partial charge in [-0.1, -0.05) is 19.1 Å². The van der Waals surface area contributed by atoms with Gasteiger partial charge in [-0.2, -0.15) is 0 Å². The van der Waals surface area contributed by atoms with Gasteiger partial charge in [0.1, 0.15) is 10.6 Å². The molecule has 1 aromatic heterocycles. The average molecular weight is 382 g/mol. The standard InChI is InChI=1S/C16H22N4O5S/c1-11(2)13(10-20-8-7-17-19-20)18-26(22,23)15-9-12(16(21)25-4)5-6-14(15)24-3/h5-9,11,13,18H,10H2,1-4H3. The summed E-state index contributed by atoms with van der Waals surface area (Å²) in [5, 5.41) is 7.59. The summed E-state index contributed by atoms with van der Waals surface area (Å²) in [6, 6.07) is 3.66. The molecule has 0 aliphatic rings. The molecule has 2 rings (SSSR count). The third kappa shape index (κ3) is 4.58. The van der Waals surface area contributed by atoms with Gasteiger partial charge in [0.05, 0.1) is 32.5 Å². The molecule has 9 nitrogen and oxygen atoms in total. The van der Waals surface area contributed by atoms with Crippen LogP contribution < -0.4 is 9.46 Å². The molecule has 26 heavy (non-hydrogen) atoms. The summed E-state index contributed by atoms with van der Waals surface area (Å²) >= 11 is 0. The maximum absolute atomic E-state index is 12.9. The van der Waals surface area contributed by atoms with Crippen molar-refractivity contribution >= 4 is 16.0 Å². The number of sulfonamides is 1. The van der Waals surface area contributed by atoms with Crippen molar-refractivity contribution in [3.8, 4) is 5.75 Å². The molecule has 0 aliphatic carbocycles. The second-order valence-electron chi connectivity index (χ2n) is 5.95. The van der Waals surface area contributed by atoms with Gasteiger partial charge in [-0.25, -0.2) is 17.9 Å². The number of hydrogen-bond donors (Lipinski definition) is 1. The predicted octanol–water partition coefficient (Wildman–Crippen LogP) is 1.08. The summed E-state index contributed by atoms with van der Waals surface area (Å²) in [7, 11) is -1.37. The van der Waals surface area contributed by atoms with E-state index < -0.39 is 22.0 Å². The first kappa shape index (κ1) is 19.9. The third-order valence-electron chi connectivity index (χ3n) is 3.84. The smallest absolute Gasteiger partial charge is 0.337 e. The summed E-state index contributed by atoms with van der Waals surface area (Å²) in [5.41, 5.74) is 0.117. The molecule has 0 amide bonds. The zero-order valence-corrected chi connectivity index (χ0v) is 15.9. The van der Waals surface area contributed by atoms with Crippen LogP contribution >= 0.6 is 0 Å². The Balaban J connectivity index is 2.36. The van der Waals surface area contributed by atoms with E-state index in [1.54, 1.807) is 10.9 Å². The molecule has 1 atom stereocenters. The van der Waals surface area contributed by atoms with Crippen molar-refractivity contribution in [1.82, 2.24) is 19.7 Å². The van der Waals surface area contributed by atoms with Crippen molar-refractivity contribution in [2.75, 3.05) is 14.2 Å². The van der Waals surface area contributed by atoms with Crippen LogP contribution in [0.3, 0.4) is 0 Å². The quantitative estimate of drug-likeness (QED) is 0.680. The fourth-order valence-corrected chi connectivity index (χ4v) is 3.88. The van der Waals surface area contributed by atoms with E-state index in [1.807, 2.05) is 13.8 Å². The Hall–Kier alpha value is -2.46. The van der Waals surface area contributed by atoms with E-state index in [9.17, 15) is 13.2 Å². The van der Waals surface area contributed by atoms with Crippen LogP contribution in [0.25, 0.3) is 0 Å². The van der Waals surface area contributed by atoms with Gasteiger partial charge in [0, 0.05) is 12.2 Å². The number of aromatic nitrogens is 3. The second-order valence-corrected chi connectivity index (χ2v) is 7.64. The molecular weight excluding hydrogens is 360 g/mol. The number of nitrogens with zero attached hydrogens (tertiary/aromatic N) is 3. The number of nitrogens with one attached hydrogen (secondary N) is 1. The first-order valence-corrected chi connectivity index (χ1v) is 9.39. The SMILES string of the molecule is COC(=O)c1ccc(OC)c(S(=O)(=O)NC(Cn2ccnn2)C(C)C)c1. The van der Waals surface area contributed by atoms with E-state index in [1.165, 1.54) is 38.6 Å². The Kier molecular flexibility index (Phi) is 6.32. The van der Waals surface area contributed by atoms with Crippen molar-refractivity contribution in [2.24, 2.45) is 5.92 Å². The Morgan fingerprint density at radius 1 is 1.31 bits per heavy atom. The minimum Gasteiger partial charge on any atom is -0.495 e. The highest BCUT2D eigenvalue weighted by molar-refractivity contribution is 7.89. The largest absolute Gasteiger partial charge is 0.495 e. The molecule has 0 radical (unpaired) electrons. The van der Waals surface area contributed by atoms with Crippen LogP contribution in [0.4, 0.5) is 0 Å². The van der Waals surface area contributed by atoms with Crippen LogP contribution in [0.15, 0.2) is 35.5 Å². The molecule has 10 heteroatoms. The number of ether oxygens (including phenoxy) is 2. The lowest BCUT2D eigenvalue weighted by Gasteiger charge is -2.22. The van der Waals surface area contributed by atoms with E-state index in [0.717, 1.165) is 0 Å². The molecule has 1 N–H and O–H groups in total. The van der Waals surface area contributed by atoms with Crippen LogP contribution in [0.1, 0.15) is 24.2 Å². The Labute approximate surface area is 152 Å². The van der Waals surface area contributed by atoms with E-state index in [4.69, 9.17) is 4.74 Å². The summed E-state index contributed by atoms with van der Waals surface area (Å²) < 4.78 is 39.9. The van der Waals surface area contributed by atoms with Gasteiger partial charge in [0.15, 0.2) is 0 Å². The zero-order chi connectivity index (χ0) is 19.3. The topological polar surface area (TPSA) is 112 Å². The number of hydrogen-bond acceptors (Lipinski definition) is 7. The maximum atomic E-state index is 12.9. The molecule has 1 aromatic carbocycles. The van der Waals surface area contributed by atoms with Crippen molar-refractivity contribution in [2.45, 2.75) is 31.3 Å². The molecule has 142 valence electrons. The molecule has 0 bridgehead atoms. The summed E-state index contributed by atoms with van der Waals surface area (Å²) in [5.74, 6) is -0.510. The fraction of sp³-hybridized carbons (Fsp3) is 0.438. The highest BCUT2D eigenvalue weighted by Crippen LogP contribution is 2.26. The maximum Gasteiger partial charge on any atom is 0.337 e. The van der Waals surface area contributed by atoms with Crippen molar-refractivity contribution < 1.29 is 22.7 Å². The minimum absolute atomic E-state index is 0.0104. The zero-order valence-electron chi connectivity index (χ0n) is 15.0. The van der Waals surface area contributed by atoms with Crippen LogP contribution in [0.2, 0.25) is 0 Å². The Morgan fingerprint density at radius 2 is 2.04 bits per heavy atom. The van der Waals surface area contributed by atoms with Crippen molar-refractivity contribution in [3.05, 3.63) is 36.2 Å². The molecule has 1 unspecified atom stereocenters. The number of benzene rings is 1. The Bertz CT molecular complexity index is 850. The van der Waals surface area contributed by atoms with E-state index >= 15 is 0 Å². The number of methoxy groups -OCH3 is 2. The van der Waals surface area contributed by atoms with Gasteiger partial charge >= 0.3 is 5.97 Å². The third-order valence-corrected chi connectivity index (χ3v) is 5.35. The first-order valence-electron chi connectivity index (χ1n) is 7.91. The normalized spacial score (nSPS) is 12.8. The molecule has 0 fully saturated rings. The lowest BCUT2D eigenvalue weighted by Crippen LogP contribution is -2.41. The number of rotatable bonds is 8. The summed E-state index contributed by atoms with van der Waals surface area (Å²) in [4.78, 5) is 11.6. The molecule has 2 aromatic rings. The van der Waals surface area contributed by atoms with Gasteiger partial charge < -0.3 is 9.47 Å². The van der Waals surface area contributed by atoms with Crippen molar-refractivity contribution in [1.29, 1.82) is 0 Å². The fourth-order valence-electron chi connectivity index (χ4n) is 2.31. The number of carbonyl (C=O) groups is 1. The molecule has 1 heterocycles. The van der Waals surface area contributed by atoms with Gasteiger partial charge in [-0.15, -0.1) is 5.10 Å². The van der Waals surface area contributed by atoms with Crippen LogP contribution in [0.5, 0.6) is 5.75 Å². The summed E-state index contributed by atoms with van der Waals surface area (Å²) in [6.45, 7) is 4.11. The van der Waals surface area contributed by atoms with E-state index in [0.29, 0.717) is 6.54 Å². The molecule has 0 spiro atoms. The highest BCUT2D eigenvalue weighted by Gasteiger charge is 2.27. The lowest BCUT2D eigenvalue weighted by atomic mass is 10.1. The van der Waals surface area contributed by atoms with E-state index in [2.05, 4.69) is 19.8 Å². The minimum atomic E-state index is -3.96. The average Bonchev–Trinajstić information content (AvgIpc) is 3.12. The number of esters is 1. The summed E-state index contributed by atoms with van der Waals surface area (Å²) in [6.07, 6.45) is 3.18. The van der Waals surface area contributed by atoms with Crippen LogP contribution in [-0.4, -0.2) is 49.6 Å². The molecule has 0 saturated heterocycles.